The molecule has 7 nitrogen and oxygen atoms in total. The zero-order chi connectivity index (χ0) is 19.8. The number of aryl methyl sites for hydroxylation is 1. The van der Waals surface area contributed by atoms with E-state index < -0.39 is 35.1 Å². The summed E-state index contributed by atoms with van der Waals surface area (Å²) >= 11 is 0. The third-order valence-corrected chi connectivity index (χ3v) is 4.61. The quantitative estimate of drug-likeness (QED) is 0.822. The van der Waals surface area contributed by atoms with Crippen LogP contribution in [0.15, 0.2) is 17.2 Å². The minimum Gasteiger partial charge on any atom is -0.391 e. The average molecular weight is 384 g/mol. The van der Waals surface area contributed by atoms with Crippen LogP contribution in [0.2, 0.25) is 0 Å². The van der Waals surface area contributed by atoms with Gasteiger partial charge in [-0.2, -0.15) is 13.2 Å². The van der Waals surface area contributed by atoms with E-state index in [0.29, 0.717) is 13.0 Å². The van der Waals surface area contributed by atoms with E-state index in [4.69, 9.17) is 0 Å². The number of hydrogen-bond donors (Lipinski definition) is 2. The lowest BCUT2D eigenvalue weighted by molar-refractivity contribution is -0.141. The van der Waals surface area contributed by atoms with Crippen molar-refractivity contribution in [1.29, 1.82) is 0 Å². The first kappa shape index (κ1) is 19.4. The molecule has 2 N–H and O–H groups in total. The first-order valence-corrected chi connectivity index (χ1v) is 8.54. The second kappa shape index (κ2) is 7.35. The van der Waals surface area contributed by atoms with Crippen molar-refractivity contribution in [2.24, 2.45) is 0 Å². The Hall–Kier alpha value is -2.33. The second-order valence-electron chi connectivity index (χ2n) is 6.71. The van der Waals surface area contributed by atoms with Gasteiger partial charge in [0.2, 0.25) is 0 Å². The molecule has 0 spiro atoms. The minimum absolute atomic E-state index is 0.0146. The average Bonchev–Trinajstić information content (AvgIpc) is 2.59. The molecule has 2 aromatic heterocycles. The van der Waals surface area contributed by atoms with E-state index in [2.05, 4.69) is 15.3 Å². The van der Waals surface area contributed by atoms with E-state index in [1.807, 2.05) is 0 Å². The fraction of sp³-hybridized carbons (Fsp3) is 0.529. The molecule has 0 aliphatic carbocycles. The number of piperidine rings is 1. The van der Waals surface area contributed by atoms with Crippen molar-refractivity contribution >= 4 is 16.8 Å². The molecule has 1 aliphatic heterocycles. The lowest BCUT2D eigenvalue weighted by Gasteiger charge is -2.28. The predicted molar refractivity (Wildman–Crippen MR) is 90.2 cm³/mol. The Morgan fingerprint density at radius 2 is 2.15 bits per heavy atom. The molecular formula is C17H19F3N4O3. The van der Waals surface area contributed by atoms with Gasteiger partial charge in [0.15, 0.2) is 11.3 Å². The van der Waals surface area contributed by atoms with Crippen LogP contribution in [0.25, 0.3) is 11.0 Å². The van der Waals surface area contributed by atoms with Crippen molar-refractivity contribution in [3.05, 3.63) is 34.0 Å². The fourth-order valence-electron chi connectivity index (χ4n) is 3.20. The molecule has 1 saturated heterocycles. The van der Waals surface area contributed by atoms with E-state index >= 15 is 0 Å². The molecule has 146 valence electrons. The minimum atomic E-state index is -4.69. The normalized spacial score (nSPS) is 20.8. The second-order valence-corrected chi connectivity index (χ2v) is 6.71. The highest BCUT2D eigenvalue weighted by Crippen LogP contribution is 2.29. The number of fused-ring (bicyclic) bond motifs is 1. The number of ketones is 1. The molecule has 10 heteroatoms. The van der Waals surface area contributed by atoms with E-state index in [9.17, 15) is 27.9 Å². The third-order valence-electron chi connectivity index (χ3n) is 4.61. The van der Waals surface area contributed by atoms with E-state index in [1.165, 1.54) is 6.92 Å². The number of halogens is 3. The van der Waals surface area contributed by atoms with Crippen LogP contribution in [0.4, 0.5) is 13.2 Å². The third kappa shape index (κ3) is 4.16. The Morgan fingerprint density at radius 1 is 1.41 bits per heavy atom. The molecule has 0 saturated carbocycles. The van der Waals surface area contributed by atoms with E-state index in [0.717, 1.165) is 23.4 Å². The number of aliphatic hydroxyl groups is 1. The number of nitrogens with zero attached hydrogens (tertiary/aromatic N) is 3. The Kier molecular flexibility index (Phi) is 5.29. The van der Waals surface area contributed by atoms with Crippen molar-refractivity contribution in [1.82, 2.24) is 19.9 Å². The van der Waals surface area contributed by atoms with Crippen molar-refractivity contribution in [2.45, 2.75) is 51.1 Å². The van der Waals surface area contributed by atoms with Gasteiger partial charge in [-0.15, -0.1) is 0 Å². The summed E-state index contributed by atoms with van der Waals surface area (Å²) in [5.41, 5.74) is -2.16. The zero-order valence-corrected chi connectivity index (χ0v) is 14.6. The monoisotopic (exact) mass is 384 g/mol. The Morgan fingerprint density at radius 3 is 2.81 bits per heavy atom. The van der Waals surface area contributed by atoms with Crippen LogP contribution in [0.1, 0.15) is 30.5 Å². The molecule has 3 heterocycles. The lowest BCUT2D eigenvalue weighted by Crippen LogP contribution is -2.46. The standard InChI is InChI=1S/C17H19F3N4O3/c1-9-5-13(17(18,19)20)23-15-14(9)22-8-24(16(15)27)7-10(25)6-11-12(26)3-2-4-21-11/h5,8,11-12,21,26H,2-4,6-7H2,1H3/t11-,12+/m1/s1. The highest BCUT2D eigenvalue weighted by Gasteiger charge is 2.33. The van der Waals surface area contributed by atoms with E-state index in [-0.39, 0.29) is 29.8 Å². The van der Waals surface area contributed by atoms with Gasteiger partial charge >= 0.3 is 6.18 Å². The molecule has 0 radical (unpaired) electrons. The van der Waals surface area contributed by atoms with Gasteiger partial charge in [0, 0.05) is 12.5 Å². The number of pyridine rings is 1. The van der Waals surface area contributed by atoms with Gasteiger partial charge in [0.25, 0.3) is 5.56 Å². The molecule has 2 atom stereocenters. The van der Waals surface area contributed by atoms with Crippen LogP contribution in [0.5, 0.6) is 0 Å². The number of aromatic nitrogens is 3. The molecule has 1 aliphatic rings. The number of hydrogen-bond acceptors (Lipinski definition) is 6. The maximum atomic E-state index is 13.0. The number of carbonyl (C=O) groups is 1. The number of aliphatic hydroxyl groups excluding tert-OH is 1. The molecule has 0 unspecified atom stereocenters. The molecule has 0 bridgehead atoms. The summed E-state index contributed by atoms with van der Waals surface area (Å²) in [5, 5.41) is 13.0. The van der Waals surface area contributed by atoms with Gasteiger partial charge in [-0.05, 0) is 37.9 Å². The smallest absolute Gasteiger partial charge is 0.391 e. The fourth-order valence-corrected chi connectivity index (χ4v) is 3.20. The summed E-state index contributed by atoms with van der Waals surface area (Å²) in [6.07, 6.45) is -2.79. The van der Waals surface area contributed by atoms with E-state index in [1.54, 1.807) is 0 Å². The maximum absolute atomic E-state index is 13.0. The molecule has 1 fully saturated rings. The van der Waals surface area contributed by atoms with Gasteiger partial charge < -0.3 is 10.4 Å². The van der Waals surface area contributed by atoms with Gasteiger partial charge in [-0.3, -0.25) is 14.2 Å². The Labute approximate surface area is 152 Å². The van der Waals surface area contributed by atoms with Gasteiger partial charge in [-0.1, -0.05) is 0 Å². The zero-order valence-electron chi connectivity index (χ0n) is 14.6. The topological polar surface area (TPSA) is 97.1 Å². The summed E-state index contributed by atoms with van der Waals surface area (Å²) in [7, 11) is 0. The first-order valence-electron chi connectivity index (χ1n) is 8.54. The van der Waals surface area contributed by atoms with Crippen molar-refractivity contribution in [3.63, 3.8) is 0 Å². The molecule has 0 amide bonds. The lowest BCUT2D eigenvalue weighted by atomic mass is 9.97. The van der Waals surface area contributed by atoms with Crippen molar-refractivity contribution in [3.8, 4) is 0 Å². The Balaban J connectivity index is 1.88. The van der Waals surface area contributed by atoms with Crippen molar-refractivity contribution < 1.29 is 23.1 Å². The number of nitrogens with one attached hydrogen (secondary N) is 1. The predicted octanol–water partition coefficient (Wildman–Crippen LogP) is 1.19. The number of Topliss-reactive ketones (excluding diaryl/α,β-unsaturated/α-hetero) is 1. The molecule has 2 aromatic rings. The number of alkyl halides is 3. The van der Waals surface area contributed by atoms with Crippen LogP contribution >= 0.6 is 0 Å². The highest BCUT2D eigenvalue weighted by atomic mass is 19.4. The first-order chi connectivity index (χ1) is 12.7. The number of rotatable bonds is 4. The Bertz CT molecular complexity index is 926. The van der Waals surface area contributed by atoms with Crippen LogP contribution in [-0.2, 0) is 17.5 Å². The number of carbonyl (C=O) groups excluding carboxylic acids is 1. The molecule has 0 aromatic carbocycles. The SMILES string of the molecule is Cc1cc(C(F)(F)F)nc2c(=O)n(CC(=O)C[C@H]3NCCC[C@@H]3O)cnc12. The summed E-state index contributed by atoms with van der Waals surface area (Å²) in [6.45, 7) is 1.76. The highest BCUT2D eigenvalue weighted by molar-refractivity contribution is 5.80. The summed E-state index contributed by atoms with van der Waals surface area (Å²) in [4.78, 5) is 32.2. The molecular weight excluding hydrogens is 365 g/mol. The van der Waals surface area contributed by atoms with Crippen LogP contribution < -0.4 is 10.9 Å². The summed E-state index contributed by atoms with van der Waals surface area (Å²) in [6, 6.07) is 0.438. The summed E-state index contributed by atoms with van der Waals surface area (Å²) < 4.78 is 39.8. The maximum Gasteiger partial charge on any atom is 0.433 e. The summed E-state index contributed by atoms with van der Waals surface area (Å²) in [5.74, 6) is -0.333. The molecule has 27 heavy (non-hydrogen) atoms. The van der Waals surface area contributed by atoms with Gasteiger partial charge in [0.05, 0.1) is 24.5 Å². The van der Waals surface area contributed by atoms with Gasteiger partial charge in [-0.25, -0.2) is 9.97 Å². The van der Waals surface area contributed by atoms with Gasteiger partial charge in [0.1, 0.15) is 5.69 Å². The molecule has 3 rings (SSSR count). The largest absolute Gasteiger partial charge is 0.433 e. The van der Waals surface area contributed by atoms with Crippen LogP contribution in [-0.4, -0.2) is 44.1 Å². The van der Waals surface area contributed by atoms with Crippen LogP contribution in [0.3, 0.4) is 0 Å². The van der Waals surface area contributed by atoms with Crippen LogP contribution in [0, 0.1) is 6.92 Å². The van der Waals surface area contributed by atoms with Crippen molar-refractivity contribution in [2.75, 3.05) is 6.54 Å².